The molecule has 1 aromatic carbocycles. The van der Waals surface area contributed by atoms with Gasteiger partial charge in [0.05, 0.1) is 4.92 Å². The molecule has 1 N–H and O–H groups in total. The van der Waals surface area contributed by atoms with Crippen LogP contribution in [-0.2, 0) is 4.79 Å². The van der Waals surface area contributed by atoms with Crippen LogP contribution in [0.1, 0.15) is 38.5 Å². The number of hydrogen-bond acceptors (Lipinski definition) is 4. The van der Waals surface area contributed by atoms with E-state index < -0.39 is 4.92 Å². The summed E-state index contributed by atoms with van der Waals surface area (Å²) in [5, 5.41) is 13.6. The van der Waals surface area contributed by atoms with Crippen molar-refractivity contribution >= 4 is 11.6 Å². The number of rotatable bonds is 8. The second-order valence-corrected chi connectivity index (χ2v) is 5.66. The second-order valence-electron chi connectivity index (χ2n) is 5.66. The number of amides is 1. The minimum absolute atomic E-state index is 0.119. The minimum atomic E-state index is -0.519. The highest BCUT2D eigenvalue weighted by atomic mass is 16.6. The third-order valence-electron chi connectivity index (χ3n) is 4.01. The van der Waals surface area contributed by atoms with Gasteiger partial charge in [0.2, 0.25) is 0 Å². The molecule has 0 atom stereocenters. The maximum Gasteiger partial charge on any atom is 0.310 e. The Balaban J connectivity index is 1.66. The second kappa shape index (κ2) is 8.36. The SMILES string of the molecule is O=C(COc1ccccc1[N+](=O)[O-])NCCCC1CCCC1. The zero-order chi connectivity index (χ0) is 15.8. The predicted molar refractivity (Wildman–Crippen MR) is 82.8 cm³/mol. The molecule has 1 aliphatic rings. The lowest BCUT2D eigenvalue weighted by Crippen LogP contribution is -2.30. The first kappa shape index (κ1) is 16.3. The van der Waals surface area contributed by atoms with Crippen LogP contribution in [0.4, 0.5) is 5.69 Å². The Kier molecular flexibility index (Phi) is 6.18. The van der Waals surface area contributed by atoms with Gasteiger partial charge in [0.25, 0.3) is 5.91 Å². The van der Waals surface area contributed by atoms with Crippen LogP contribution in [-0.4, -0.2) is 24.0 Å². The zero-order valence-corrected chi connectivity index (χ0v) is 12.6. The van der Waals surface area contributed by atoms with E-state index in [2.05, 4.69) is 5.32 Å². The van der Waals surface area contributed by atoms with E-state index in [-0.39, 0.29) is 24.0 Å². The van der Waals surface area contributed by atoms with Crippen molar-refractivity contribution in [2.45, 2.75) is 38.5 Å². The van der Waals surface area contributed by atoms with Crippen LogP contribution in [0.5, 0.6) is 5.75 Å². The molecule has 0 spiro atoms. The average Bonchev–Trinajstić information content (AvgIpc) is 3.03. The molecule has 0 unspecified atom stereocenters. The molecule has 0 radical (unpaired) electrons. The summed E-state index contributed by atoms with van der Waals surface area (Å²) in [7, 11) is 0. The van der Waals surface area contributed by atoms with Gasteiger partial charge in [-0.15, -0.1) is 0 Å². The van der Waals surface area contributed by atoms with Crippen LogP contribution in [0.15, 0.2) is 24.3 Å². The van der Waals surface area contributed by atoms with Crippen molar-refractivity contribution in [1.29, 1.82) is 0 Å². The number of nitro groups is 1. The highest BCUT2D eigenvalue weighted by Gasteiger charge is 2.16. The molecule has 0 aliphatic heterocycles. The zero-order valence-electron chi connectivity index (χ0n) is 12.6. The summed E-state index contributed by atoms with van der Waals surface area (Å²) in [5.41, 5.74) is -0.128. The fraction of sp³-hybridized carbons (Fsp3) is 0.562. The Morgan fingerprint density at radius 1 is 1.32 bits per heavy atom. The van der Waals surface area contributed by atoms with Crippen molar-refractivity contribution in [3.05, 3.63) is 34.4 Å². The molecular formula is C16H22N2O4. The van der Waals surface area contributed by atoms with Gasteiger partial charge in [0, 0.05) is 12.6 Å². The molecule has 22 heavy (non-hydrogen) atoms. The molecule has 2 rings (SSSR count). The van der Waals surface area contributed by atoms with Crippen molar-refractivity contribution < 1.29 is 14.5 Å². The summed E-state index contributed by atoms with van der Waals surface area (Å²) in [6, 6.07) is 6.05. The van der Waals surface area contributed by atoms with Gasteiger partial charge >= 0.3 is 5.69 Å². The van der Waals surface area contributed by atoms with E-state index in [0.29, 0.717) is 6.54 Å². The van der Waals surface area contributed by atoms with E-state index in [9.17, 15) is 14.9 Å². The summed E-state index contributed by atoms with van der Waals surface area (Å²) in [4.78, 5) is 22.0. The highest BCUT2D eigenvalue weighted by molar-refractivity contribution is 5.77. The number of nitrogens with one attached hydrogen (secondary N) is 1. The Morgan fingerprint density at radius 3 is 2.77 bits per heavy atom. The van der Waals surface area contributed by atoms with Crippen LogP contribution >= 0.6 is 0 Å². The summed E-state index contributed by atoms with van der Waals surface area (Å²) in [6.45, 7) is 0.434. The van der Waals surface area contributed by atoms with E-state index >= 15 is 0 Å². The predicted octanol–water partition coefficient (Wildman–Crippen LogP) is 3.06. The van der Waals surface area contributed by atoms with E-state index in [1.807, 2.05) is 0 Å². The number of benzene rings is 1. The summed E-state index contributed by atoms with van der Waals surface area (Å²) >= 11 is 0. The van der Waals surface area contributed by atoms with Crippen LogP contribution in [0.2, 0.25) is 0 Å². The van der Waals surface area contributed by atoms with Gasteiger partial charge in [-0.1, -0.05) is 37.8 Å². The Morgan fingerprint density at radius 2 is 2.05 bits per heavy atom. The number of carbonyl (C=O) groups is 1. The molecule has 1 saturated carbocycles. The molecule has 1 fully saturated rings. The number of nitrogens with zero attached hydrogens (tertiary/aromatic N) is 1. The maximum atomic E-state index is 11.7. The topological polar surface area (TPSA) is 81.5 Å². The van der Waals surface area contributed by atoms with Gasteiger partial charge in [-0.05, 0) is 24.8 Å². The number of ether oxygens (including phenoxy) is 1. The van der Waals surface area contributed by atoms with Crippen LogP contribution in [0.25, 0.3) is 0 Å². The smallest absolute Gasteiger partial charge is 0.310 e. The molecule has 0 bridgehead atoms. The average molecular weight is 306 g/mol. The number of hydrogen-bond donors (Lipinski definition) is 1. The first-order chi connectivity index (χ1) is 10.7. The summed E-state index contributed by atoms with van der Waals surface area (Å²) < 4.78 is 5.24. The Hall–Kier alpha value is -2.11. The normalized spacial score (nSPS) is 14.7. The summed E-state index contributed by atoms with van der Waals surface area (Å²) in [5.74, 6) is 0.693. The lowest BCUT2D eigenvalue weighted by atomic mass is 10.0. The molecule has 6 heteroatoms. The number of carbonyl (C=O) groups excluding carboxylic acids is 1. The summed E-state index contributed by atoms with van der Waals surface area (Å²) in [6.07, 6.45) is 7.43. The monoisotopic (exact) mass is 306 g/mol. The fourth-order valence-electron chi connectivity index (χ4n) is 2.84. The highest BCUT2D eigenvalue weighted by Crippen LogP contribution is 2.28. The molecule has 0 heterocycles. The lowest BCUT2D eigenvalue weighted by molar-refractivity contribution is -0.385. The molecule has 1 aromatic rings. The van der Waals surface area contributed by atoms with Crippen molar-refractivity contribution in [3.8, 4) is 5.75 Å². The van der Waals surface area contributed by atoms with Gasteiger partial charge in [-0.2, -0.15) is 0 Å². The Labute approximate surface area is 130 Å². The van der Waals surface area contributed by atoms with Gasteiger partial charge in [0.1, 0.15) is 0 Å². The number of para-hydroxylation sites is 2. The molecule has 120 valence electrons. The van der Waals surface area contributed by atoms with E-state index in [1.54, 1.807) is 12.1 Å². The minimum Gasteiger partial charge on any atom is -0.477 e. The first-order valence-corrected chi connectivity index (χ1v) is 7.79. The van der Waals surface area contributed by atoms with Gasteiger partial charge in [-0.3, -0.25) is 14.9 Å². The molecule has 0 saturated heterocycles. The largest absolute Gasteiger partial charge is 0.477 e. The molecule has 6 nitrogen and oxygen atoms in total. The third kappa shape index (κ3) is 5.02. The van der Waals surface area contributed by atoms with Gasteiger partial charge in [0.15, 0.2) is 12.4 Å². The molecule has 1 amide bonds. The van der Waals surface area contributed by atoms with Crippen LogP contribution in [0, 0.1) is 16.0 Å². The first-order valence-electron chi connectivity index (χ1n) is 7.79. The van der Waals surface area contributed by atoms with Crippen molar-refractivity contribution in [3.63, 3.8) is 0 Å². The number of nitro benzene ring substituents is 1. The molecule has 0 aromatic heterocycles. The van der Waals surface area contributed by atoms with Crippen molar-refractivity contribution in [2.24, 2.45) is 5.92 Å². The van der Waals surface area contributed by atoms with Crippen LogP contribution < -0.4 is 10.1 Å². The van der Waals surface area contributed by atoms with E-state index in [1.165, 1.54) is 37.8 Å². The van der Waals surface area contributed by atoms with Gasteiger partial charge < -0.3 is 10.1 Å². The van der Waals surface area contributed by atoms with Crippen molar-refractivity contribution in [2.75, 3.05) is 13.2 Å². The van der Waals surface area contributed by atoms with Crippen LogP contribution in [0.3, 0.4) is 0 Å². The standard InChI is InChI=1S/C16H22N2O4/c19-16(17-11-5-8-13-6-1-2-7-13)12-22-15-10-4-3-9-14(15)18(20)21/h3-4,9-10,13H,1-2,5-8,11-12H2,(H,17,19). The van der Waals surface area contributed by atoms with Crippen molar-refractivity contribution in [1.82, 2.24) is 5.32 Å². The fourth-order valence-corrected chi connectivity index (χ4v) is 2.84. The molecule has 1 aliphatic carbocycles. The lowest BCUT2D eigenvalue weighted by Gasteiger charge is -2.10. The maximum absolute atomic E-state index is 11.7. The molecular weight excluding hydrogens is 284 g/mol. The van der Waals surface area contributed by atoms with E-state index in [4.69, 9.17) is 4.74 Å². The third-order valence-corrected chi connectivity index (χ3v) is 4.01. The van der Waals surface area contributed by atoms with E-state index in [0.717, 1.165) is 18.8 Å². The quantitative estimate of drug-likeness (QED) is 0.454. The Bertz CT molecular complexity index is 513. The van der Waals surface area contributed by atoms with Gasteiger partial charge in [-0.25, -0.2) is 0 Å².